The summed E-state index contributed by atoms with van der Waals surface area (Å²) in [6, 6.07) is 8.26. The molecular weight excluding hydrogens is 224 g/mol. The molecule has 0 amide bonds. The first kappa shape index (κ1) is 14.5. The van der Waals surface area contributed by atoms with Crippen molar-refractivity contribution >= 4 is 0 Å². The predicted octanol–water partition coefficient (Wildman–Crippen LogP) is 2.96. The summed E-state index contributed by atoms with van der Waals surface area (Å²) in [7, 11) is 0. The van der Waals surface area contributed by atoms with Crippen molar-refractivity contribution in [3.05, 3.63) is 29.3 Å². The maximum Gasteiger partial charge on any atom is 0.138 e. The highest BCUT2D eigenvalue weighted by Crippen LogP contribution is 2.21. The molecule has 0 aliphatic rings. The van der Waals surface area contributed by atoms with E-state index in [4.69, 9.17) is 4.74 Å². The number of ether oxygens (including phenoxy) is 1. The van der Waals surface area contributed by atoms with Gasteiger partial charge in [-0.15, -0.1) is 0 Å². The van der Waals surface area contributed by atoms with Gasteiger partial charge < -0.3 is 4.74 Å². The lowest BCUT2D eigenvalue weighted by atomic mass is 10.1. The fourth-order valence-electron chi connectivity index (χ4n) is 1.63. The molecule has 18 heavy (non-hydrogen) atoms. The average Bonchev–Trinajstić information content (AvgIpc) is 2.38. The molecule has 3 nitrogen and oxygen atoms in total. The number of hydrogen-bond acceptors (Lipinski definition) is 3. The van der Waals surface area contributed by atoms with Crippen LogP contribution in [0.4, 0.5) is 0 Å². The van der Waals surface area contributed by atoms with Crippen molar-refractivity contribution in [2.75, 3.05) is 13.2 Å². The second kappa shape index (κ2) is 6.42. The van der Waals surface area contributed by atoms with Gasteiger partial charge in [-0.05, 0) is 50.9 Å². The van der Waals surface area contributed by atoms with Crippen LogP contribution in [0.25, 0.3) is 0 Å². The third kappa shape index (κ3) is 3.75. The lowest BCUT2D eigenvalue weighted by Crippen LogP contribution is -2.46. The Labute approximate surface area is 110 Å². The standard InChI is InChI=1S/C15H22N2O/c1-5-9-17-15(4,10-16)11-18-14-8-6-7-12(2)13(14)3/h6-8,17H,5,9,11H2,1-4H3. The van der Waals surface area contributed by atoms with Crippen LogP contribution in [0.15, 0.2) is 18.2 Å². The van der Waals surface area contributed by atoms with E-state index in [1.165, 1.54) is 5.56 Å². The van der Waals surface area contributed by atoms with Crippen LogP contribution in [-0.4, -0.2) is 18.7 Å². The zero-order chi connectivity index (χ0) is 13.6. The van der Waals surface area contributed by atoms with E-state index in [2.05, 4.69) is 31.3 Å². The van der Waals surface area contributed by atoms with Crippen molar-refractivity contribution in [2.24, 2.45) is 0 Å². The molecule has 0 spiro atoms. The van der Waals surface area contributed by atoms with Crippen LogP contribution in [0.2, 0.25) is 0 Å². The van der Waals surface area contributed by atoms with Gasteiger partial charge in [0.25, 0.3) is 0 Å². The average molecular weight is 246 g/mol. The molecule has 0 fully saturated rings. The Bertz CT molecular complexity index is 437. The molecule has 0 aliphatic heterocycles. The Morgan fingerprint density at radius 1 is 1.39 bits per heavy atom. The number of benzene rings is 1. The Balaban J connectivity index is 2.68. The minimum absolute atomic E-state index is 0.355. The van der Waals surface area contributed by atoms with E-state index >= 15 is 0 Å². The normalized spacial score (nSPS) is 13.7. The van der Waals surface area contributed by atoms with E-state index in [-0.39, 0.29) is 0 Å². The van der Waals surface area contributed by atoms with Crippen LogP contribution < -0.4 is 10.1 Å². The number of aryl methyl sites for hydroxylation is 1. The van der Waals surface area contributed by atoms with Crippen LogP contribution in [0.1, 0.15) is 31.4 Å². The summed E-state index contributed by atoms with van der Waals surface area (Å²) in [5.41, 5.74) is 1.70. The van der Waals surface area contributed by atoms with Gasteiger partial charge in [0.05, 0.1) is 6.07 Å². The monoisotopic (exact) mass is 246 g/mol. The van der Waals surface area contributed by atoms with Crippen LogP contribution in [0.3, 0.4) is 0 Å². The minimum atomic E-state index is -0.633. The molecule has 1 aromatic carbocycles. The smallest absolute Gasteiger partial charge is 0.138 e. The lowest BCUT2D eigenvalue weighted by Gasteiger charge is -2.24. The highest BCUT2D eigenvalue weighted by atomic mass is 16.5. The predicted molar refractivity (Wildman–Crippen MR) is 73.7 cm³/mol. The lowest BCUT2D eigenvalue weighted by molar-refractivity contribution is 0.233. The molecule has 1 rings (SSSR count). The number of rotatable bonds is 6. The first-order valence-electron chi connectivity index (χ1n) is 6.37. The molecule has 0 radical (unpaired) electrons. The Morgan fingerprint density at radius 3 is 2.72 bits per heavy atom. The van der Waals surface area contributed by atoms with Crippen molar-refractivity contribution in [2.45, 2.75) is 39.7 Å². The third-order valence-electron chi connectivity index (χ3n) is 3.08. The van der Waals surface area contributed by atoms with E-state index in [0.29, 0.717) is 6.61 Å². The number of hydrogen-bond donors (Lipinski definition) is 1. The summed E-state index contributed by atoms with van der Waals surface area (Å²) in [4.78, 5) is 0. The van der Waals surface area contributed by atoms with Gasteiger partial charge >= 0.3 is 0 Å². The molecule has 0 aromatic heterocycles. The largest absolute Gasteiger partial charge is 0.490 e. The van der Waals surface area contributed by atoms with E-state index in [9.17, 15) is 5.26 Å². The summed E-state index contributed by atoms with van der Waals surface area (Å²) < 4.78 is 5.79. The molecule has 98 valence electrons. The fraction of sp³-hybridized carbons (Fsp3) is 0.533. The third-order valence-corrected chi connectivity index (χ3v) is 3.08. The fourth-order valence-corrected chi connectivity index (χ4v) is 1.63. The summed E-state index contributed by atoms with van der Waals surface area (Å²) >= 11 is 0. The quantitative estimate of drug-likeness (QED) is 0.839. The van der Waals surface area contributed by atoms with Crippen molar-refractivity contribution in [3.63, 3.8) is 0 Å². The van der Waals surface area contributed by atoms with Gasteiger partial charge in [0.1, 0.15) is 17.9 Å². The number of nitrogens with zero attached hydrogens (tertiary/aromatic N) is 1. The van der Waals surface area contributed by atoms with Gasteiger partial charge in [-0.2, -0.15) is 5.26 Å². The van der Waals surface area contributed by atoms with Gasteiger partial charge in [-0.3, -0.25) is 5.32 Å². The molecule has 0 aliphatic carbocycles. The van der Waals surface area contributed by atoms with Gasteiger partial charge in [-0.1, -0.05) is 19.1 Å². The van der Waals surface area contributed by atoms with E-state index in [0.717, 1.165) is 24.3 Å². The first-order chi connectivity index (χ1) is 8.52. The van der Waals surface area contributed by atoms with Gasteiger partial charge in [0.2, 0.25) is 0 Å². The molecule has 1 aromatic rings. The Kier molecular flexibility index (Phi) is 5.18. The molecule has 0 bridgehead atoms. The molecule has 1 atom stereocenters. The molecular formula is C15H22N2O. The molecule has 3 heteroatoms. The van der Waals surface area contributed by atoms with Crippen molar-refractivity contribution < 1.29 is 4.74 Å². The summed E-state index contributed by atoms with van der Waals surface area (Å²) in [5, 5.41) is 12.4. The maximum atomic E-state index is 9.22. The van der Waals surface area contributed by atoms with E-state index < -0.39 is 5.54 Å². The maximum absolute atomic E-state index is 9.22. The minimum Gasteiger partial charge on any atom is -0.490 e. The van der Waals surface area contributed by atoms with Gasteiger partial charge in [0, 0.05) is 0 Å². The van der Waals surface area contributed by atoms with E-state index in [1.807, 2.05) is 26.0 Å². The summed E-state index contributed by atoms with van der Waals surface area (Å²) in [5.74, 6) is 0.856. The molecule has 0 heterocycles. The van der Waals surface area contributed by atoms with Crippen LogP contribution in [0.5, 0.6) is 5.75 Å². The van der Waals surface area contributed by atoms with Crippen LogP contribution >= 0.6 is 0 Å². The van der Waals surface area contributed by atoms with E-state index in [1.54, 1.807) is 0 Å². The number of nitriles is 1. The molecule has 0 saturated carbocycles. The van der Waals surface area contributed by atoms with Crippen molar-refractivity contribution in [3.8, 4) is 11.8 Å². The molecule has 1 unspecified atom stereocenters. The van der Waals surface area contributed by atoms with Gasteiger partial charge in [0.15, 0.2) is 0 Å². The Morgan fingerprint density at radius 2 is 2.11 bits per heavy atom. The summed E-state index contributed by atoms with van der Waals surface area (Å²) in [6.45, 7) is 9.22. The van der Waals surface area contributed by atoms with Crippen LogP contribution in [0, 0.1) is 25.2 Å². The van der Waals surface area contributed by atoms with Crippen LogP contribution in [-0.2, 0) is 0 Å². The second-order valence-electron chi connectivity index (χ2n) is 4.86. The first-order valence-corrected chi connectivity index (χ1v) is 6.37. The number of nitrogens with one attached hydrogen (secondary N) is 1. The zero-order valence-electron chi connectivity index (χ0n) is 11.7. The van der Waals surface area contributed by atoms with Crippen molar-refractivity contribution in [1.29, 1.82) is 5.26 Å². The summed E-state index contributed by atoms with van der Waals surface area (Å²) in [6.07, 6.45) is 1.00. The second-order valence-corrected chi connectivity index (χ2v) is 4.86. The topological polar surface area (TPSA) is 45.0 Å². The highest BCUT2D eigenvalue weighted by Gasteiger charge is 2.24. The van der Waals surface area contributed by atoms with Crippen molar-refractivity contribution in [1.82, 2.24) is 5.32 Å². The molecule has 0 saturated heterocycles. The highest BCUT2D eigenvalue weighted by molar-refractivity contribution is 5.38. The SMILES string of the molecule is CCCNC(C)(C#N)COc1cccc(C)c1C. The zero-order valence-corrected chi connectivity index (χ0v) is 11.7. The van der Waals surface area contributed by atoms with Gasteiger partial charge in [-0.25, -0.2) is 0 Å². The molecule has 1 N–H and O–H groups in total. The Hall–Kier alpha value is -1.53.